The third-order valence-corrected chi connectivity index (χ3v) is 3.59. The number of carbonyl (C=O) groups excluding carboxylic acids is 1. The number of nitrogens with two attached hydrogens (primary N) is 1. The lowest BCUT2D eigenvalue weighted by Crippen LogP contribution is -2.26. The molecule has 0 saturated carbocycles. The Morgan fingerprint density at radius 3 is 2.83 bits per heavy atom. The van der Waals surface area contributed by atoms with E-state index in [2.05, 4.69) is 10.3 Å². The lowest BCUT2D eigenvalue weighted by atomic mass is 10.1. The van der Waals surface area contributed by atoms with Crippen LogP contribution in [-0.4, -0.2) is 30.6 Å². The van der Waals surface area contributed by atoms with E-state index in [1.807, 2.05) is 18.2 Å². The van der Waals surface area contributed by atoms with Crippen molar-refractivity contribution < 1.29 is 14.3 Å². The molecule has 0 radical (unpaired) electrons. The van der Waals surface area contributed by atoms with Crippen molar-refractivity contribution in [2.45, 2.75) is 13.0 Å². The second-order valence-electron chi connectivity index (χ2n) is 5.22. The molecule has 0 atom stereocenters. The summed E-state index contributed by atoms with van der Waals surface area (Å²) < 4.78 is 11.0. The molecule has 0 saturated heterocycles. The van der Waals surface area contributed by atoms with E-state index >= 15 is 0 Å². The minimum atomic E-state index is -0.125. The van der Waals surface area contributed by atoms with E-state index in [0.717, 1.165) is 23.5 Å². The number of pyridine rings is 1. The highest BCUT2D eigenvalue weighted by atomic mass is 16.6. The van der Waals surface area contributed by atoms with Gasteiger partial charge in [0, 0.05) is 24.8 Å². The molecule has 2 heterocycles. The van der Waals surface area contributed by atoms with Gasteiger partial charge >= 0.3 is 0 Å². The normalized spacial score (nSPS) is 12.7. The second kappa shape index (κ2) is 7.11. The molecule has 1 aliphatic rings. The number of carbonyl (C=O) groups is 1. The van der Waals surface area contributed by atoms with Gasteiger partial charge in [-0.05, 0) is 36.2 Å². The van der Waals surface area contributed by atoms with Gasteiger partial charge in [-0.3, -0.25) is 9.78 Å². The fourth-order valence-electron chi connectivity index (χ4n) is 2.40. The number of hydrogen-bond acceptors (Lipinski definition) is 5. The molecule has 120 valence electrons. The quantitative estimate of drug-likeness (QED) is 0.868. The SMILES string of the molecule is NCc1cc(C(=O)NCCc2ccc3c(c2)OCCO3)ccn1. The number of aromatic nitrogens is 1. The standard InChI is InChI=1S/C17H19N3O3/c18-11-14-10-13(4-6-19-14)17(21)20-5-3-12-1-2-15-16(9-12)23-8-7-22-15/h1-2,4,6,9-10H,3,5,7-8,11,18H2,(H,20,21). The number of nitrogens with zero attached hydrogens (tertiary/aromatic N) is 1. The maximum absolute atomic E-state index is 12.1. The van der Waals surface area contributed by atoms with Crippen LogP contribution in [-0.2, 0) is 13.0 Å². The molecule has 1 amide bonds. The van der Waals surface area contributed by atoms with E-state index in [9.17, 15) is 4.79 Å². The number of nitrogens with one attached hydrogen (secondary N) is 1. The van der Waals surface area contributed by atoms with E-state index in [1.165, 1.54) is 0 Å². The Balaban J connectivity index is 1.55. The molecular weight excluding hydrogens is 294 g/mol. The summed E-state index contributed by atoms with van der Waals surface area (Å²) in [7, 11) is 0. The average Bonchev–Trinajstić information content (AvgIpc) is 2.61. The van der Waals surface area contributed by atoms with Crippen molar-refractivity contribution in [2.24, 2.45) is 5.73 Å². The van der Waals surface area contributed by atoms with Gasteiger partial charge in [0.05, 0.1) is 5.69 Å². The monoisotopic (exact) mass is 313 g/mol. The Morgan fingerprint density at radius 1 is 1.17 bits per heavy atom. The zero-order chi connectivity index (χ0) is 16.1. The first-order valence-electron chi connectivity index (χ1n) is 7.58. The Morgan fingerprint density at radius 2 is 2.00 bits per heavy atom. The van der Waals surface area contributed by atoms with Gasteiger partial charge in [-0.1, -0.05) is 6.07 Å². The van der Waals surface area contributed by atoms with Gasteiger partial charge < -0.3 is 20.5 Å². The predicted molar refractivity (Wildman–Crippen MR) is 85.6 cm³/mol. The van der Waals surface area contributed by atoms with Crippen LogP contribution in [0.15, 0.2) is 36.5 Å². The number of benzene rings is 1. The highest BCUT2D eigenvalue weighted by Crippen LogP contribution is 2.30. The van der Waals surface area contributed by atoms with E-state index < -0.39 is 0 Å². The van der Waals surface area contributed by atoms with Crippen LogP contribution in [0.4, 0.5) is 0 Å². The Hall–Kier alpha value is -2.60. The first-order valence-corrected chi connectivity index (χ1v) is 7.58. The molecule has 1 aromatic heterocycles. The van der Waals surface area contributed by atoms with Crippen molar-refractivity contribution in [2.75, 3.05) is 19.8 Å². The summed E-state index contributed by atoms with van der Waals surface area (Å²) >= 11 is 0. The summed E-state index contributed by atoms with van der Waals surface area (Å²) in [5.74, 6) is 1.41. The average molecular weight is 313 g/mol. The molecule has 2 aromatic rings. The minimum absolute atomic E-state index is 0.125. The molecule has 0 fully saturated rings. The number of ether oxygens (including phenoxy) is 2. The van der Waals surface area contributed by atoms with Gasteiger partial charge in [0.2, 0.25) is 0 Å². The minimum Gasteiger partial charge on any atom is -0.486 e. The molecule has 0 bridgehead atoms. The number of amides is 1. The Kier molecular flexibility index (Phi) is 4.73. The molecule has 23 heavy (non-hydrogen) atoms. The van der Waals surface area contributed by atoms with Crippen LogP contribution in [0.5, 0.6) is 11.5 Å². The molecule has 0 unspecified atom stereocenters. The van der Waals surface area contributed by atoms with Crippen LogP contribution in [0.25, 0.3) is 0 Å². The first-order chi connectivity index (χ1) is 11.3. The fourth-order valence-corrected chi connectivity index (χ4v) is 2.40. The van der Waals surface area contributed by atoms with Crippen LogP contribution >= 0.6 is 0 Å². The summed E-state index contributed by atoms with van der Waals surface area (Å²) in [5.41, 5.74) is 7.89. The molecule has 1 aliphatic heterocycles. The fraction of sp³-hybridized carbons (Fsp3) is 0.294. The zero-order valence-electron chi connectivity index (χ0n) is 12.7. The van der Waals surface area contributed by atoms with Crippen molar-refractivity contribution in [1.82, 2.24) is 10.3 Å². The summed E-state index contributed by atoms with van der Waals surface area (Å²) in [4.78, 5) is 16.2. The lowest BCUT2D eigenvalue weighted by molar-refractivity contribution is 0.0954. The van der Waals surface area contributed by atoms with Gasteiger partial charge in [0.1, 0.15) is 13.2 Å². The summed E-state index contributed by atoms with van der Waals surface area (Å²) in [6.07, 6.45) is 2.31. The van der Waals surface area contributed by atoms with Crippen molar-refractivity contribution in [3.8, 4) is 11.5 Å². The van der Waals surface area contributed by atoms with Gasteiger partial charge in [-0.25, -0.2) is 0 Å². The van der Waals surface area contributed by atoms with E-state index in [1.54, 1.807) is 18.3 Å². The third-order valence-electron chi connectivity index (χ3n) is 3.59. The van der Waals surface area contributed by atoms with E-state index in [0.29, 0.717) is 37.6 Å². The maximum Gasteiger partial charge on any atom is 0.251 e. The van der Waals surface area contributed by atoms with Gasteiger partial charge in [-0.2, -0.15) is 0 Å². The van der Waals surface area contributed by atoms with Crippen LogP contribution in [0, 0.1) is 0 Å². The van der Waals surface area contributed by atoms with E-state index in [-0.39, 0.29) is 5.91 Å². The van der Waals surface area contributed by atoms with Gasteiger partial charge in [0.15, 0.2) is 11.5 Å². The molecule has 6 heteroatoms. The topological polar surface area (TPSA) is 86.5 Å². The van der Waals surface area contributed by atoms with Crippen LogP contribution < -0.4 is 20.5 Å². The molecule has 1 aromatic carbocycles. The summed E-state index contributed by atoms with van der Waals surface area (Å²) in [6, 6.07) is 9.23. The van der Waals surface area contributed by atoms with Crippen LogP contribution in [0.1, 0.15) is 21.6 Å². The number of fused-ring (bicyclic) bond motifs is 1. The molecule has 0 aliphatic carbocycles. The van der Waals surface area contributed by atoms with Crippen LogP contribution in [0.3, 0.4) is 0 Å². The highest BCUT2D eigenvalue weighted by Gasteiger charge is 2.12. The zero-order valence-corrected chi connectivity index (χ0v) is 12.7. The summed E-state index contributed by atoms with van der Waals surface area (Å²) in [5, 5.41) is 2.90. The van der Waals surface area contributed by atoms with Crippen molar-refractivity contribution in [3.63, 3.8) is 0 Å². The summed E-state index contributed by atoms with van der Waals surface area (Å²) in [6.45, 7) is 2.01. The van der Waals surface area contributed by atoms with E-state index in [4.69, 9.17) is 15.2 Å². The number of rotatable bonds is 5. The Labute approximate surface area is 134 Å². The first kappa shape index (κ1) is 15.3. The van der Waals surface area contributed by atoms with Crippen molar-refractivity contribution in [3.05, 3.63) is 53.3 Å². The molecular formula is C17H19N3O3. The highest BCUT2D eigenvalue weighted by molar-refractivity contribution is 5.94. The number of hydrogen-bond donors (Lipinski definition) is 2. The lowest BCUT2D eigenvalue weighted by Gasteiger charge is -2.18. The third kappa shape index (κ3) is 3.78. The largest absolute Gasteiger partial charge is 0.486 e. The van der Waals surface area contributed by atoms with Gasteiger partial charge in [-0.15, -0.1) is 0 Å². The Bertz CT molecular complexity index is 703. The maximum atomic E-state index is 12.1. The molecule has 3 rings (SSSR count). The molecule has 6 nitrogen and oxygen atoms in total. The predicted octanol–water partition coefficient (Wildman–Crippen LogP) is 1.28. The van der Waals surface area contributed by atoms with Crippen molar-refractivity contribution in [1.29, 1.82) is 0 Å². The van der Waals surface area contributed by atoms with Crippen molar-refractivity contribution >= 4 is 5.91 Å². The second-order valence-corrected chi connectivity index (χ2v) is 5.22. The van der Waals surface area contributed by atoms with Gasteiger partial charge in [0.25, 0.3) is 5.91 Å². The molecule has 0 spiro atoms. The smallest absolute Gasteiger partial charge is 0.251 e. The van der Waals surface area contributed by atoms with Crippen LogP contribution in [0.2, 0.25) is 0 Å². The molecule has 3 N–H and O–H groups in total.